The van der Waals surface area contributed by atoms with Gasteiger partial charge in [0, 0.05) is 13.8 Å². The Balaban J connectivity index is 3.89. The van der Waals surface area contributed by atoms with Gasteiger partial charge in [0.05, 0.1) is 0 Å². The van der Waals surface area contributed by atoms with Crippen molar-refractivity contribution in [1.29, 1.82) is 0 Å². The van der Waals surface area contributed by atoms with E-state index in [1.165, 1.54) is 13.8 Å². The second kappa shape index (κ2) is 4.34. The summed E-state index contributed by atoms with van der Waals surface area (Å²) in [6.45, 7) is 2.35. The van der Waals surface area contributed by atoms with Gasteiger partial charge in [-0.25, -0.2) is 0 Å². The molecule has 0 N–H and O–H groups in total. The summed E-state index contributed by atoms with van der Waals surface area (Å²) in [7, 11) is 0. The number of rotatable bonds is 2. The van der Waals surface area contributed by atoms with Gasteiger partial charge in [0.25, 0.3) is 0 Å². The van der Waals surface area contributed by atoms with Crippen molar-refractivity contribution in [2.45, 2.75) is 20.1 Å². The van der Waals surface area contributed by atoms with E-state index in [2.05, 4.69) is 9.47 Å². The van der Waals surface area contributed by atoms with Crippen LogP contribution in [0.25, 0.3) is 0 Å². The van der Waals surface area contributed by atoms with Crippen LogP contribution in [0.15, 0.2) is 0 Å². The molecular weight excluding hydrogens is 148 g/mol. The van der Waals surface area contributed by atoms with Crippen LogP contribution in [0.2, 0.25) is 0 Å². The van der Waals surface area contributed by atoms with Crippen LogP contribution in [-0.4, -0.2) is 18.2 Å². The van der Waals surface area contributed by atoms with Crippen molar-refractivity contribution in [3.05, 3.63) is 0 Å². The number of carbonyl (C=O) groups excluding carboxylic acids is 2. The zero-order valence-electron chi connectivity index (χ0n) is 6.29. The standard InChI is InChI=1S/C7H8O4/c1-4-7(10-5(2)8)11-6(3)9/h1,7H,2-3H3. The smallest absolute Gasteiger partial charge is 0.311 e. The summed E-state index contributed by atoms with van der Waals surface area (Å²) in [6, 6.07) is 0. The molecule has 0 atom stereocenters. The molecule has 0 unspecified atom stereocenters. The molecule has 0 aliphatic rings. The summed E-state index contributed by atoms with van der Waals surface area (Å²) in [4.78, 5) is 20.6. The molecule has 0 amide bonds. The maximum Gasteiger partial charge on any atom is 0.311 e. The maximum atomic E-state index is 10.3. The lowest BCUT2D eigenvalue weighted by molar-refractivity contribution is -0.174. The molecular formula is C7H8O4. The van der Waals surface area contributed by atoms with Gasteiger partial charge in [0.15, 0.2) is 0 Å². The van der Waals surface area contributed by atoms with E-state index in [0.29, 0.717) is 0 Å². The topological polar surface area (TPSA) is 52.6 Å². The Hall–Kier alpha value is -1.50. The van der Waals surface area contributed by atoms with Crippen molar-refractivity contribution in [3.63, 3.8) is 0 Å². The van der Waals surface area contributed by atoms with E-state index in [4.69, 9.17) is 6.42 Å². The third-order valence-electron chi connectivity index (χ3n) is 0.682. The second-order valence-corrected chi connectivity index (χ2v) is 1.72. The molecule has 0 heterocycles. The molecule has 0 aliphatic heterocycles. The van der Waals surface area contributed by atoms with Crippen LogP contribution in [0.4, 0.5) is 0 Å². The quantitative estimate of drug-likeness (QED) is 0.322. The van der Waals surface area contributed by atoms with E-state index in [1.54, 1.807) is 0 Å². The summed E-state index contributed by atoms with van der Waals surface area (Å²) in [5.41, 5.74) is 0. The lowest BCUT2D eigenvalue weighted by Crippen LogP contribution is -2.20. The Labute approximate surface area is 64.5 Å². The zero-order valence-corrected chi connectivity index (χ0v) is 6.29. The zero-order chi connectivity index (χ0) is 8.85. The van der Waals surface area contributed by atoms with Gasteiger partial charge in [-0.05, 0) is 5.92 Å². The van der Waals surface area contributed by atoms with Crippen molar-refractivity contribution in [2.24, 2.45) is 0 Å². The monoisotopic (exact) mass is 156 g/mol. The number of carbonyl (C=O) groups is 2. The predicted molar refractivity (Wildman–Crippen MR) is 36.2 cm³/mol. The fraction of sp³-hybridized carbons (Fsp3) is 0.429. The predicted octanol–water partition coefficient (Wildman–Crippen LogP) is 0.0719. The highest BCUT2D eigenvalue weighted by atomic mass is 16.7. The first kappa shape index (κ1) is 9.50. The van der Waals surface area contributed by atoms with E-state index in [-0.39, 0.29) is 0 Å². The summed E-state index contributed by atoms with van der Waals surface area (Å²) in [5.74, 6) is 0.801. The van der Waals surface area contributed by atoms with Crippen LogP contribution in [0, 0.1) is 12.3 Å². The van der Waals surface area contributed by atoms with Crippen LogP contribution < -0.4 is 0 Å². The molecule has 0 saturated carbocycles. The van der Waals surface area contributed by atoms with Crippen LogP contribution in [-0.2, 0) is 19.1 Å². The summed E-state index contributed by atoms with van der Waals surface area (Å²) in [6.07, 6.45) is 3.66. The number of hydrogen-bond acceptors (Lipinski definition) is 4. The first-order valence-corrected chi connectivity index (χ1v) is 2.87. The normalized spacial score (nSPS) is 8.55. The minimum Gasteiger partial charge on any atom is -0.414 e. The molecule has 4 nitrogen and oxygen atoms in total. The summed E-state index contributed by atoms with van der Waals surface area (Å²) >= 11 is 0. The van der Waals surface area contributed by atoms with Crippen LogP contribution >= 0.6 is 0 Å². The van der Waals surface area contributed by atoms with Crippen molar-refractivity contribution >= 4 is 11.9 Å². The van der Waals surface area contributed by atoms with Crippen molar-refractivity contribution in [2.75, 3.05) is 0 Å². The Morgan fingerprint density at radius 2 is 1.64 bits per heavy atom. The Bertz CT molecular complexity index is 185. The van der Waals surface area contributed by atoms with E-state index in [9.17, 15) is 9.59 Å². The molecule has 0 rings (SSSR count). The summed E-state index contributed by atoms with van der Waals surface area (Å²) < 4.78 is 8.78. The van der Waals surface area contributed by atoms with Crippen molar-refractivity contribution in [1.82, 2.24) is 0 Å². The lowest BCUT2D eigenvalue weighted by atomic mass is 10.6. The molecule has 0 saturated heterocycles. The van der Waals surface area contributed by atoms with Crippen LogP contribution in [0.5, 0.6) is 0 Å². The Morgan fingerprint density at radius 1 is 1.27 bits per heavy atom. The molecule has 0 aromatic heterocycles. The molecule has 4 heteroatoms. The minimum absolute atomic E-state index is 0.589. The highest BCUT2D eigenvalue weighted by Crippen LogP contribution is 1.93. The van der Waals surface area contributed by atoms with E-state index >= 15 is 0 Å². The second-order valence-electron chi connectivity index (χ2n) is 1.72. The van der Waals surface area contributed by atoms with Gasteiger partial charge in [-0.3, -0.25) is 9.59 Å². The third-order valence-corrected chi connectivity index (χ3v) is 0.682. The molecule has 0 aliphatic carbocycles. The number of esters is 2. The van der Waals surface area contributed by atoms with Gasteiger partial charge in [0.1, 0.15) is 0 Å². The van der Waals surface area contributed by atoms with Gasteiger partial charge in [-0.2, -0.15) is 0 Å². The maximum absolute atomic E-state index is 10.3. The SMILES string of the molecule is C#CC(OC(C)=O)OC(C)=O. The third kappa shape index (κ3) is 4.97. The Kier molecular flexibility index (Phi) is 3.75. The molecule has 0 spiro atoms. The Morgan fingerprint density at radius 3 is 1.82 bits per heavy atom. The molecule has 60 valence electrons. The van der Waals surface area contributed by atoms with Gasteiger partial charge >= 0.3 is 18.2 Å². The highest BCUT2D eigenvalue weighted by Gasteiger charge is 2.09. The van der Waals surface area contributed by atoms with Crippen LogP contribution in [0.3, 0.4) is 0 Å². The average molecular weight is 156 g/mol. The molecule has 0 bridgehead atoms. The minimum atomic E-state index is -1.20. The van der Waals surface area contributed by atoms with Crippen molar-refractivity contribution < 1.29 is 19.1 Å². The average Bonchev–Trinajstić information content (AvgIpc) is 1.84. The van der Waals surface area contributed by atoms with E-state index in [0.717, 1.165) is 0 Å². The van der Waals surface area contributed by atoms with Gasteiger partial charge in [0.2, 0.25) is 0 Å². The highest BCUT2D eigenvalue weighted by molar-refractivity contribution is 5.68. The number of terminal acetylenes is 1. The summed E-state index contributed by atoms with van der Waals surface area (Å²) in [5, 5.41) is 0. The fourth-order valence-electron chi connectivity index (χ4n) is 0.394. The molecule has 0 aromatic rings. The van der Waals surface area contributed by atoms with Gasteiger partial charge in [-0.15, -0.1) is 6.42 Å². The molecule has 0 aromatic carbocycles. The fourth-order valence-corrected chi connectivity index (χ4v) is 0.394. The van der Waals surface area contributed by atoms with Crippen LogP contribution in [0.1, 0.15) is 13.8 Å². The molecule has 0 radical (unpaired) electrons. The van der Waals surface area contributed by atoms with Crippen molar-refractivity contribution in [3.8, 4) is 12.3 Å². The van der Waals surface area contributed by atoms with Gasteiger partial charge < -0.3 is 9.47 Å². The first-order chi connectivity index (χ1) is 5.06. The lowest BCUT2D eigenvalue weighted by Gasteiger charge is -2.09. The van der Waals surface area contributed by atoms with E-state index < -0.39 is 18.2 Å². The largest absolute Gasteiger partial charge is 0.414 e. The number of ether oxygens (including phenoxy) is 2. The number of hydrogen-bond donors (Lipinski definition) is 0. The van der Waals surface area contributed by atoms with Gasteiger partial charge in [-0.1, -0.05) is 0 Å². The van der Waals surface area contributed by atoms with E-state index in [1.807, 2.05) is 5.92 Å². The first-order valence-electron chi connectivity index (χ1n) is 2.87. The molecule has 0 fully saturated rings. The molecule has 11 heavy (non-hydrogen) atoms.